The van der Waals surface area contributed by atoms with Crippen LogP contribution in [0.3, 0.4) is 0 Å². The summed E-state index contributed by atoms with van der Waals surface area (Å²) in [5.41, 5.74) is 1.68. The monoisotopic (exact) mass is 247 g/mol. The number of carbonyl (C=O) groups is 2. The number of hydrogen-bond donors (Lipinski definition) is 2. The van der Waals surface area contributed by atoms with Gasteiger partial charge in [-0.15, -0.1) is 0 Å². The summed E-state index contributed by atoms with van der Waals surface area (Å²) in [6.45, 7) is 1.76. The first-order valence-electron chi connectivity index (χ1n) is 5.40. The molecule has 1 aromatic heterocycles. The van der Waals surface area contributed by atoms with Gasteiger partial charge in [0.15, 0.2) is 0 Å². The van der Waals surface area contributed by atoms with Gasteiger partial charge in [0.25, 0.3) is 0 Å². The van der Waals surface area contributed by atoms with E-state index in [1.54, 1.807) is 25.4 Å². The van der Waals surface area contributed by atoms with Gasteiger partial charge in [0.1, 0.15) is 5.70 Å². The minimum Gasteiger partial charge on any atom is -0.464 e. The average Bonchev–Trinajstić information content (AvgIpc) is 2.41. The topological polar surface area (TPSA) is 80.3 Å². The summed E-state index contributed by atoms with van der Waals surface area (Å²) in [5.74, 6) is -0.559. The molecule has 1 unspecified atom stereocenters. The number of carbonyl (C=O) groups excluding carboxylic acids is 2. The van der Waals surface area contributed by atoms with Crippen LogP contribution in [-0.4, -0.2) is 24.1 Å². The van der Waals surface area contributed by atoms with Crippen molar-refractivity contribution in [3.8, 4) is 0 Å². The van der Waals surface area contributed by atoms with Crippen LogP contribution in [0.2, 0.25) is 0 Å². The van der Waals surface area contributed by atoms with Crippen molar-refractivity contribution in [3.63, 3.8) is 0 Å². The first-order chi connectivity index (χ1) is 8.63. The third kappa shape index (κ3) is 2.17. The molecule has 0 saturated heterocycles. The number of ether oxygens (including phenoxy) is 1. The maximum absolute atomic E-state index is 11.6. The number of nitrogens with one attached hydrogen (secondary N) is 2. The highest BCUT2D eigenvalue weighted by atomic mass is 16.5. The summed E-state index contributed by atoms with van der Waals surface area (Å²) < 4.78 is 4.64. The molecule has 0 aromatic carbocycles. The summed E-state index contributed by atoms with van der Waals surface area (Å²) >= 11 is 0. The number of methoxy groups -OCH3 is 1. The summed E-state index contributed by atoms with van der Waals surface area (Å²) in [6, 6.07) is 2.80. The number of urea groups is 1. The fourth-order valence-electron chi connectivity index (χ4n) is 1.83. The van der Waals surface area contributed by atoms with Gasteiger partial charge in [0.2, 0.25) is 0 Å². The molecule has 0 fully saturated rings. The van der Waals surface area contributed by atoms with Crippen LogP contribution in [0.4, 0.5) is 4.79 Å². The van der Waals surface area contributed by atoms with Gasteiger partial charge in [0.05, 0.1) is 13.2 Å². The molecule has 18 heavy (non-hydrogen) atoms. The van der Waals surface area contributed by atoms with Gasteiger partial charge in [-0.25, -0.2) is 9.59 Å². The molecule has 0 saturated carbocycles. The summed E-state index contributed by atoms with van der Waals surface area (Å²) in [6.07, 6.45) is 3.29. The normalized spacial score (nSPS) is 19.0. The van der Waals surface area contributed by atoms with E-state index in [2.05, 4.69) is 20.4 Å². The lowest BCUT2D eigenvalue weighted by atomic mass is 9.98. The quantitative estimate of drug-likeness (QED) is 0.760. The number of rotatable bonds is 2. The molecule has 2 rings (SSSR count). The Balaban J connectivity index is 2.42. The highest BCUT2D eigenvalue weighted by molar-refractivity contribution is 5.95. The van der Waals surface area contributed by atoms with Crippen molar-refractivity contribution in [1.29, 1.82) is 0 Å². The van der Waals surface area contributed by atoms with Crippen molar-refractivity contribution < 1.29 is 14.3 Å². The fourth-order valence-corrected chi connectivity index (χ4v) is 1.83. The molecule has 1 aliphatic heterocycles. The van der Waals surface area contributed by atoms with Crippen LogP contribution >= 0.6 is 0 Å². The first-order valence-corrected chi connectivity index (χ1v) is 5.40. The highest BCUT2D eigenvalue weighted by Gasteiger charge is 2.29. The minimum atomic E-state index is -0.559. The van der Waals surface area contributed by atoms with E-state index >= 15 is 0 Å². The predicted octanol–water partition coefficient (Wildman–Crippen LogP) is 0.882. The number of hydrogen-bond acceptors (Lipinski definition) is 4. The Morgan fingerprint density at radius 1 is 1.50 bits per heavy atom. The molecular formula is C12H13N3O3. The van der Waals surface area contributed by atoms with Gasteiger partial charge < -0.3 is 15.4 Å². The summed E-state index contributed by atoms with van der Waals surface area (Å²) in [5, 5.41) is 5.19. The maximum Gasteiger partial charge on any atom is 0.354 e. The van der Waals surface area contributed by atoms with E-state index in [1.165, 1.54) is 7.11 Å². The molecule has 1 aliphatic rings. The number of aromatic nitrogens is 1. The predicted molar refractivity (Wildman–Crippen MR) is 63.4 cm³/mol. The van der Waals surface area contributed by atoms with E-state index in [-0.39, 0.29) is 11.7 Å². The summed E-state index contributed by atoms with van der Waals surface area (Å²) in [4.78, 5) is 27.1. The second-order valence-electron chi connectivity index (χ2n) is 3.87. The summed E-state index contributed by atoms with van der Waals surface area (Å²) in [7, 11) is 1.27. The van der Waals surface area contributed by atoms with E-state index in [1.807, 2.05) is 6.07 Å². The van der Waals surface area contributed by atoms with Gasteiger partial charge in [-0.2, -0.15) is 0 Å². The minimum absolute atomic E-state index is 0.176. The van der Waals surface area contributed by atoms with Crippen molar-refractivity contribution in [1.82, 2.24) is 15.6 Å². The van der Waals surface area contributed by atoms with Crippen LogP contribution in [-0.2, 0) is 9.53 Å². The molecule has 94 valence electrons. The lowest BCUT2D eigenvalue weighted by Gasteiger charge is -2.27. The molecule has 1 aromatic rings. The van der Waals surface area contributed by atoms with E-state index in [4.69, 9.17) is 0 Å². The molecule has 0 bridgehead atoms. The largest absolute Gasteiger partial charge is 0.464 e. The van der Waals surface area contributed by atoms with Gasteiger partial charge >= 0.3 is 12.0 Å². The van der Waals surface area contributed by atoms with Crippen molar-refractivity contribution in [2.75, 3.05) is 7.11 Å². The van der Waals surface area contributed by atoms with Gasteiger partial charge in [-0.05, 0) is 24.1 Å². The molecular weight excluding hydrogens is 234 g/mol. The number of pyridine rings is 1. The van der Waals surface area contributed by atoms with Crippen molar-refractivity contribution in [2.45, 2.75) is 13.0 Å². The standard InChI is InChI=1S/C12H13N3O3/c1-7-9(8-4-3-5-13-6-8)14-12(17)15-10(7)11(16)18-2/h3-6,9H,1-2H3,(H2,14,15,17). The van der Waals surface area contributed by atoms with Crippen molar-refractivity contribution in [2.24, 2.45) is 0 Å². The third-order valence-electron chi connectivity index (χ3n) is 2.75. The SMILES string of the molecule is COC(=O)C1=C(C)C(c2cccnc2)NC(=O)N1. The van der Waals surface area contributed by atoms with Crippen LogP contribution in [0.15, 0.2) is 35.8 Å². The lowest BCUT2D eigenvalue weighted by molar-refractivity contribution is -0.136. The third-order valence-corrected chi connectivity index (χ3v) is 2.75. The molecule has 0 radical (unpaired) electrons. The van der Waals surface area contributed by atoms with Crippen LogP contribution in [0.5, 0.6) is 0 Å². The molecule has 2 heterocycles. The zero-order valence-corrected chi connectivity index (χ0v) is 10.1. The molecule has 1 atom stereocenters. The highest BCUT2D eigenvalue weighted by Crippen LogP contribution is 2.25. The number of nitrogens with zero attached hydrogens (tertiary/aromatic N) is 1. The smallest absolute Gasteiger partial charge is 0.354 e. The molecule has 6 heteroatoms. The molecule has 2 N–H and O–H groups in total. The number of esters is 1. The van der Waals surface area contributed by atoms with Crippen LogP contribution in [0.25, 0.3) is 0 Å². The maximum atomic E-state index is 11.6. The Kier molecular flexibility index (Phi) is 3.27. The Morgan fingerprint density at radius 3 is 2.89 bits per heavy atom. The zero-order chi connectivity index (χ0) is 13.1. The molecule has 0 spiro atoms. The van der Waals surface area contributed by atoms with Crippen LogP contribution in [0.1, 0.15) is 18.5 Å². The second-order valence-corrected chi connectivity index (χ2v) is 3.87. The Hall–Kier alpha value is -2.37. The fraction of sp³-hybridized carbons (Fsp3) is 0.250. The van der Waals surface area contributed by atoms with E-state index in [9.17, 15) is 9.59 Å². The number of amides is 2. The van der Waals surface area contributed by atoms with E-state index in [0.717, 1.165) is 5.56 Å². The van der Waals surface area contributed by atoms with Gasteiger partial charge in [-0.1, -0.05) is 6.07 Å². The van der Waals surface area contributed by atoms with Crippen molar-refractivity contribution in [3.05, 3.63) is 41.4 Å². The molecule has 2 amide bonds. The first kappa shape index (κ1) is 12.1. The van der Waals surface area contributed by atoms with Crippen LogP contribution < -0.4 is 10.6 Å². The zero-order valence-electron chi connectivity index (χ0n) is 10.1. The average molecular weight is 247 g/mol. The Morgan fingerprint density at radius 2 is 2.28 bits per heavy atom. The molecule has 0 aliphatic carbocycles. The Bertz CT molecular complexity index is 511. The Labute approximate surface area is 104 Å². The van der Waals surface area contributed by atoms with Crippen molar-refractivity contribution >= 4 is 12.0 Å². The second kappa shape index (κ2) is 4.87. The van der Waals surface area contributed by atoms with Gasteiger partial charge in [-0.3, -0.25) is 4.98 Å². The van der Waals surface area contributed by atoms with E-state index < -0.39 is 12.0 Å². The molecule has 6 nitrogen and oxygen atoms in total. The van der Waals surface area contributed by atoms with Crippen LogP contribution in [0, 0.1) is 0 Å². The van der Waals surface area contributed by atoms with Gasteiger partial charge in [0, 0.05) is 12.4 Å². The van der Waals surface area contributed by atoms with E-state index in [0.29, 0.717) is 5.57 Å². The lowest BCUT2D eigenvalue weighted by Crippen LogP contribution is -2.45.